The Labute approximate surface area is 171 Å². The third kappa shape index (κ3) is 3.17. The SMILES string of the molecule is CC1=Cc2c(cccc2C(C)C)[C]1CC[C]1C(C)=Cc2c1cccc2C(C)C. The molecule has 0 nitrogen and oxygen atoms in total. The minimum absolute atomic E-state index is 0.564. The molecule has 0 amide bonds. The molecule has 0 unspecified atom stereocenters. The molecule has 0 N–H and O–H groups in total. The standard InChI is InChI=1S/C28H32/c1-17(2)21-9-7-11-25-23(19(5)15-27(21)25)13-14-24-20(6)16-28-22(18(3)4)10-8-12-26(24)28/h7-12,15-18H,13-14H2,1-6H3. The van der Waals surface area contributed by atoms with Gasteiger partial charge in [-0.2, -0.15) is 0 Å². The van der Waals surface area contributed by atoms with Crippen LogP contribution in [-0.4, -0.2) is 0 Å². The molecule has 2 aromatic rings. The maximum absolute atomic E-state index is 2.41. The fourth-order valence-corrected chi connectivity index (χ4v) is 4.97. The van der Waals surface area contributed by atoms with Crippen LogP contribution in [0.15, 0.2) is 47.5 Å². The fourth-order valence-electron chi connectivity index (χ4n) is 4.97. The van der Waals surface area contributed by atoms with Gasteiger partial charge in [-0.3, -0.25) is 0 Å². The second kappa shape index (κ2) is 7.39. The maximum Gasteiger partial charge on any atom is 0.0303 e. The van der Waals surface area contributed by atoms with Crippen LogP contribution in [-0.2, 0) is 0 Å². The summed E-state index contributed by atoms with van der Waals surface area (Å²) >= 11 is 0. The Kier molecular flexibility index (Phi) is 5.08. The van der Waals surface area contributed by atoms with Crippen molar-refractivity contribution in [3.63, 3.8) is 0 Å². The smallest absolute Gasteiger partial charge is 0.0303 e. The molecular weight excluding hydrogens is 336 g/mol. The minimum atomic E-state index is 0.564. The van der Waals surface area contributed by atoms with E-state index >= 15 is 0 Å². The summed E-state index contributed by atoms with van der Waals surface area (Å²) in [5.41, 5.74) is 11.7. The van der Waals surface area contributed by atoms with Gasteiger partial charge in [0.15, 0.2) is 0 Å². The summed E-state index contributed by atoms with van der Waals surface area (Å²) in [5.74, 6) is 4.20. The molecule has 2 aliphatic rings. The average molecular weight is 369 g/mol. The average Bonchev–Trinajstić information content (AvgIpc) is 3.14. The minimum Gasteiger partial charge on any atom is -0.0616 e. The van der Waals surface area contributed by atoms with Crippen molar-refractivity contribution in [2.75, 3.05) is 0 Å². The Morgan fingerprint density at radius 3 is 1.36 bits per heavy atom. The van der Waals surface area contributed by atoms with Gasteiger partial charge in [-0.05, 0) is 71.9 Å². The van der Waals surface area contributed by atoms with Crippen LogP contribution in [0.1, 0.15) is 99.6 Å². The van der Waals surface area contributed by atoms with Crippen LogP contribution in [0.4, 0.5) is 0 Å². The topological polar surface area (TPSA) is 0 Å². The van der Waals surface area contributed by atoms with Gasteiger partial charge in [-0.1, -0.05) is 87.4 Å². The molecule has 4 rings (SSSR count). The second-order valence-electron chi connectivity index (χ2n) is 9.04. The van der Waals surface area contributed by atoms with E-state index in [4.69, 9.17) is 0 Å². The van der Waals surface area contributed by atoms with Gasteiger partial charge in [0.2, 0.25) is 0 Å². The van der Waals surface area contributed by atoms with Gasteiger partial charge in [0.25, 0.3) is 0 Å². The van der Waals surface area contributed by atoms with E-state index in [0.717, 1.165) is 12.8 Å². The highest BCUT2D eigenvalue weighted by Crippen LogP contribution is 2.46. The van der Waals surface area contributed by atoms with Crippen LogP contribution >= 0.6 is 0 Å². The molecule has 2 radical (unpaired) electrons. The van der Waals surface area contributed by atoms with Gasteiger partial charge in [0.05, 0.1) is 0 Å². The van der Waals surface area contributed by atoms with Crippen molar-refractivity contribution in [1.82, 2.24) is 0 Å². The van der Waals surface area contributed by atoms with Crippen molar-refractivity contribution < 1.29 is 0 Å². The summed E-state index contributed by atoms with van der Waals surface area (Å²) in [6.07, 6.45) is 7.05. The first-order valence-electron chi connectivity index (χ1n) is 10.7. The molecule has 144 valence electrons. The van der Waals surface area contributed by atoms with Crippen molar-refractivity contribution in [2.24, 2.45) is 0 Å². The van der Waals surface area contributed by atoms with Crippen LogP contribution < -0.4 is 0 Å². The highest BCUT2D eigenvalue weighted by atomic mass is 14.3. The molecule has 0 saturated carbocycles. The highest BCUT2D eigenvalue weighted by Gasteiger charge is 2.30. The Morgan fingerprint density at radius 1 is 0.607 bits per heavy atom. The van der Waals surface area contributed by atoms with E-state index in [9.17, 15) is 0 Å². The van der Waals surface area contributed by atoms with Gasteiger partial charge < -0.3 is 0 Å². The van der Waals surface area contributed by atoms with Crippen LogP contribution in [0.5, 0.6) is 0 Å². The number of benzene rings is 2. The Bertz CT molecular complexity index is 872. The van der Waals surface area contributed by atoms with E-state index in [0.29, 0.717) is 11.8 Å². The number of allylic oxidation sites excluding steroid dienone is 2. The number of hydrogen-bond donors (Lipinski definition) is 0. The van der Waals surface area contributed by atoms with E-state index in [2.05, 4.69) is 90.1 Å². The van der Waals surface area contributed by atoms with Gasteiger partial charge in [0, 0.05) is 11.8 Å². The van der Waals surface area contributed by atoms with E-state index < -0.39 is 0 Å². The molecule has 0 saturated heterocycles. The van der Waals surface area contributed by atoms with E-state index in [-0.39, 0.29) is 0 Å². The third-order valence-electron chi connectivity index (χ3n) is 6.47. The van der Waals surface area contributed by atoms with Crippen molar-refractivity contribution in [1.29, 1.82) is 0 Å². The fraction of sp³-hybridized carbons (Fsp3) is 0.357. The van der Waals surface area contributed by atoms with Gasteiger partial charge >= 0.3 is 0 Å². The monoisotopic (exact) mass is 368 g/mol. The third-order valence-corrected chi connectivity index (χ3v) is 6.47. The summed E-state index contributed by atoms with van der Waals surface area (Å²) in [6.45, 7) is 13.7. The number of fused-ring (bicyclic) bond motifs is 2. The molecule has 0 aromatic heterocycles. The van der Waals surface area contributed by atoms with E-state index in [1.54, 1.807) is 0 Å². The first-order chi connectivity index (χ1) is 13.4. The normalized spacial score (nSPS) is 16.6. The van der Waals surface area contributed by atoms with Crippen molar-refractivity contribution >= 4 is 12.2 Å². The quantitative estimate of drug-likeness (QED) is 0.500. The lowest BCUT2D eigenvalue weighted by Gasteiger charge is -2.20. The molecule has 0 heterocycles. The molecular formula is C28H32. The lowest BCUT2D eigenvalue weighted by atomic mass is 9.83. The Balaban J connectivity index is 1.59. The molecule has 0 spiro atoms. The van der Waals surface area contributed by atoms with Crippen molar-refractivity contribution in [3.8, 4) is 0 Å². The van der Waals surface area contributed by atoms with Crippen LogP contribution in [0.2, 0.25) is 0 Å². The summed E-state index contributed by atoms with van der Waals surface area (Å²) in [6, 6.07) is 13.7. The zero-order chi connectivity index (χ0) is 20.0. The van der Waals surface area contributed by atoms with Crippen LogP contribution in [0, 0.1) is 11.8 Å². The molecule has 2 aliphatic carbocycles. The second-order valence-corrected chi connectivity index (χ2v) is 9.04. The molecule has 0 aliphatic heterocycles. The Morgan fingerprint density at radius 2 is 1.00 bits per heavy atom. The molecule has 2 aromatic carbocycles. The molecule has 0 atom stereocenters. The first kappa shape index (κ1) is 19.2. The molecule has 0 fully saturated rings. The Hall–Kier alpha value is -2.08. The predicted molar refractivity (Wildman–Crippen MR) is 122 cm³/mol. The van der Waals surface area contributed by atoms with Gasteiger partial charge in [-0.15, -0.1) is 0 Å². The first-order valence-corrected chi connectivity index (χ1v) is 10.7. The van der Waals surface area contributed by atoms with Gasteiger partial charge in [0.1, 0.15) is 0 Å². The number of hydrogen-bond acceptors (Lipinski definition) is 0. The summed E-state index contributed by atoms with van der Waals surface area (Å²) in [4.78, 5) is 0. The maximum atomic E-state index is 2.41. The summed E-state index contributed by atoms with van der Waals surface area (Å²) < 4.78 is 0. The van der Waals surface area contributed by atoms with Crippen LogP contribution in [0.3, 0.4) is 0 Å². The van der Waals surface area contributed by atoms with Crippen LogP contribution in [0.25, 0.3) is 12.2 Å². The lowest BCUT2D eigenvalue weighted by molar-refractivity contribution is 0.813. The zero-order valence-electron chi connectivity index (χ0n) is 18.2. The largest absolute Gasteiger partial charge is 0.0616 e. The van der Waals surface area contributed by atoms with Crippen molar-refractivity contribution in [3.05, 3.63) is 92.8 Å². The molecule has 0 bridgehead atoms. The van der Waals surface area contributed by atoms with E-state index in [1.807, 2.05) is 0 Å². The zero-order valence-corrected chi connectivity index (χ0v) is 18.2. The van der Waals surface area contributed by atoms with E-state index in [1.165, 1.54) is 56.4 Å². The van der Waals surface area contributed by atoms with Gasteiger partial charge in [-0.25, -0.2) is 0 Å². The molecule has 0 heteroatoms. The summed E-state index contributed by atoms with van der Waals surface area (Å²) in [5, 5.41) is 0. The predicted octanol–water partition coefficient (Wildman–Crippen LogP) is 8.09. The van der Waals surface area contributed by atoms with Crippen molar-refractivity contribution in [2.45, 2.75) is 66.2 Å². The highest BCUT2D eigenvalue weighted by molar-refractivity contribution is 5.77. The number of rotatable bonds is 5. The molecule has 28 heavy (non-hydrogen) atoms. The lowest BCUT2D eigenvalue weighted by Crippen LogP contribution is -2.06. The summed E-state index contributed by atoms with van der Waals surface area (Å²) in [7, 11) is 0.